The predicted molar refractivity (Wildman–Crippen MR) is 95.1 cm³/mol. The second-order valence-corrected chi connectivity index (χ2v) is 6.30. The topological polar surface area (TPSA) is 56.2 Å². The lowest BCUT2D eigenvalue weighted by Gasteiger charge is -2.04. The van der Waals surface area contributed by atoms with Gasteiger partial charge in [0.2, 0.25) is 0 Å². The smallest absolute Gasteiger partial charge is 0.275 e. The molecule has 5 nitrogen and oxygen atoms in total. The summed E-state index contributed by atoms with van der Waals surface area (Å²) in [5.74, 6) is -0.00523. The monoisotopic (exact) mass is 351 g/mol. The highest BCUT2D eigenvalue weighted by molar-refractivity contribution is 5.95. The number of para-hydroxylation sites is 1. The number of carbonyl (C=O) groups excluding carboxylic acids is 1. The number of rotatable bonds is 5. The Balaban J connectivity index is 1.50. The standard InChI is InChI=1S/C20H18FN3O2/c1-26-18-12-24(15-8-3-2-4-9-15)23-19(18)20(25)22-17-11-16(17)13-6-5-7-14(21)10-13/h2-10,12,16-17H,11H2,1H3,(H,22,25)/t16-,17+/m0/s1. The Kier molecular flexibility index (Phi) is 4.16. The van der Waals surface area contributed by atoms with Crippen molar-refractivity contribution in [2.24, 2.45) is 0 Å². The Labute approximate surface area is 150 Å². The van der Waals surface area contributed by atoms with Gasteiger partial charge >= 0.3 is 0 Å². The van der Waals surface area contributed by atoms with Gasteiger partial charge in [0, 0.05) is 12.0 Å². The van der Waals surface area contributed by atoms with Crippen LogP contribution in [0.15, 0.2) is 60.8 Å². The van der Waals surface area contributed by atoms with Crippen LogP contribution in [0.1, 0.15) is 28.4 Å². The average Bonchev–Trinajstić information content (AvgIpc) is 3.28. The van der Waals surface area contributed by atoms with Crippen LogP contribution in [0.3, 0.4) is 0 Å². The molecule has 26 heavy (non-hydrogen) atoms. The van der Waals surface area contributed by atoms with Gasteiger partial charge in [0.25, 0.3) is 5.91 Å². The number of nitrogens with zero attached hydrogens (tertiary/aromatic N) is 2. The molecule has 4 rings (SSSR count). The molecule has 6 heteroatoms. The Morgan fingerprint density at radius 3 is 2.77 bits per heavy atom. The molecule has 1 fully saturated rings. The minimum absolute atomic E-state index is 0.0177. The highest BCUT2D eigenvalue weighted by atomic mass is 19.1. The summed E-state index contributed by atoms with van der Waals surface area (Å²) in [7, 11) is 1.51. The molecule has 0 spiro atoms. The number of halogens is 1. The van der Waals surface area contributed by atoms with Crippen LogP contribution in [0.5, 0.6) is 5.75 Å². The van der Waals surface area contributed by atoms with Crippen molar-refractivity contribution in [3.63, 3.8) is 0 Å². The fourth-order valence-electron chi connectivity index (χ4n) is 3.07. The van der Waals surface area contributed by atoms with Crippen LogP contribution in [-0.2, 0) is 0 Å². The Hall–Kier alpha value is -3.15. The van der Waals surface area contributed by atoms with Crippen LogP contribution < -0.4 is 10.1 Å². The number of aromatic nitrogens is 2. The molecule has 132 valence electrons. The highest BCUT2D eigenvalue weighted by Crippen LogP contribution is 2.41. The van der Waals surface area contributed by atoms with E-state index in [2.05, 4.69) is 10.4 Å². The summed E-state index contributed by atoms with van der Waals surface area (Å²) in [6.07, 6.45) is 2.47. The summed E-state index contributed by atoms with van der Waals surface area (Å²) in [5.41, 5.74) is 1.98. The number of hydrogen-bond acceptors (Lipinski definition) is 3. The Morgan fingerprint density at radius 1 is 1.23 bits per heavy atom. The first-order chi connectivity index (χ1) is 12.7. The van der Waals surface area contributed by atoms with Crippen LogP contribution in [0.4, 0.5) is 4.39 Å². The zero-order valence-corrected chi connectivity index (χ0v) is 14.2. The van der Waals surface area contributed by atoms with Gasteiger partial charge in [-0.25, -0.2) is 9.07 Å². The maximum Gasteiger partial charge on any atom is 0.275 e. The number of nitrogens with one attached hydrogen (secondary N) is 1. The van der Waals surface area contributed by atoms with E-state index in [0.29, 0.717) is 5.75 Å². The molecule has 1 amide bonds. The van der Waals surface area contributed by atoms with E-state index in [9.17, 15) is 9.18 Å². The van der Waals surface area contributed by atoms with Gasteiger partial charge in [-0.1, -0.05) is 30.3 Å². The molecule has 0 aliphatic heterocycles. The molecule has 1 aromatic heterocycles. The fraction of sp³-hybridized carbons (Fsp3) is 0.200. The van der Waals surface area contributed by atoms with Crippen LogP contribution in [0.2, 0.25) is 0 Å². The molecular formula is C20H18FN3O2. The van der Waals surface area contributed by atoms with Crippen LogP contribution in [-0.4, -0.2) is 28.8 Å². The third kappa shape index (κ3) is 3.18. The van der Waals surface area contributed by atoms with Crippen molar-refractivity contribution in [3.8, 4) is 11.4 Å². The molecule has 1 aliphatic rings. The molecule has 1 heterocycles. The second kappa shape index (κ2) is 6.63. The largest absolute Gasteiger partial charge is 0.493 e. The number of ether oxygens (including phenoxy) is 1. The Bertz CT molecular complexity index is 939. The van der Waals surface area contributed by atoms with Crippen LogP contribution in [0.25, 0.3) is 5.69 Å². The average molecular weight is 351 g/mol. The van der Waals surface area contributed by atoms with E-state index in [1.807, 2.05) is 36.4 Å². The molecule has 0 unspecified atom stereocenters. The zero-order valence-electron chi connectivity index (χ0n) is 14.2. The van der Waals surface area contributed by atoms with Gasteiger partial charge in [-0.3, -0.25) is 4.79 Å². The molecule has 0 radical (unpaired) electrons. The zero-order chi connectivity index (χ0) is 18.1. The normalized spacial score (nSPS) is 18.4. The first kappa shape index (κ1) is 16.3. The molecule has 1 N–H and O–H groups in total. The van der Waals surface area contributed by atoms with Crippen molar-refractivity contribution in [1.82, 2.24) is 15.1 Å². The number of methoxy groups -OCH3 is 1. The lowest BCUT2D eigenvalue weighted by Crippen LogP contribution is -2.27. The molecular weight excluding hydrogens is 333 g/mol. The maximum absolute atomic E-state index is 13.4. The van der Waals surface area contributed by atoms with Crippen molar-refractivity contribution in [2.45, 2.75) is 18.4 Å². The van der Waals surface area contributed by atoms with Crippen molar-refractivity contribution in [3.05, 3.63) is 77.9 Å². The SMILES string of the molecule is COc1cn(-c2ccccc2)nc1C(=O)N[C@@H]1C[C@H]1c1cccc(F)c1. The predicted octanol–water partition coefficient (Wildman–Crippen LogP) is 3.31. The molecule has 2 atom stereocenters. The minimum Gasteiger partial charge on any atom is -0.493 e. The second-order valence-electron chi connectivity index (χ2n) is 6.30. The van der Waals surface area contributed by atoms with Gasteiger partial charge in [0.15, 0.2) is 11.4 Å². The molecule has 0 bridgehead atoms. The first-order valence-corrected chi connectivity index (χ1v) is 8.41. The summed E-state index contributed by atoms with van der Waals surface area (Å²) in [4.78, 5) is 12.6. The molecule has 3 aromatic rings. The molecule has 1 saturated carbocycles. The van der Waals surface area contributed by atoms with Crippen molar-refractivity contribution in [2.75, 3.05) is 7.11 Å². The highest BCUT2D eigenvalue weighted by Gasteiger charge is 2.40. The summed E-state index contributed by atoms with van der Waals surface area (Å²) in [6, 6.07) is 16.0. The van der Waals surface area contributed by atoms with Crippen LogP contribution in [0, 0.1) is 5.82 Å². The van der Waals surface area contributed by atoms with Gasteiger partial charge in [0.05, 0.1) is 19.0 Å². The molecule has 1 aliphatic carbocycles. The Morgan fingerprint density at radius 2 is 2.04 bits per heavy atom. The van der Waals surface area contributed by atoms with Crippen molar-refractivity contribution >= 4 is 5.91 Å². The molecule has 0 saturated heterocycles. The van der Waals surface area contributed by atoms with E-state index in [1.54, 1.807) is 16.9 Å². The maximum atomic E-state index is 13.4. The van der Waals surface area contributed by atoms with E-state index >= 15 is 0 Å². The van der Waals surface area contributed by atoms with Gasteiger partial charge in [-0.05, 0) is 36.2 Å². The van der Waals surface area contributed by atoms with E-state index < -0.39 is 0 Å². The molecule has 2 aromatic carbocycles. The third-order valence-corrected chi connectivity index (χ3v) is 4.52. The number of benzene rings is 2. The fourth-order valence-corrected chi connectivity index (χ4v) is 3.07. The number of carbonyl (C=O) groups is 1. The summed E-state index contributed by atoms with van der Waals surface area (Å²) < 4.78 is 20.3. The van der Waals surface area contributed by atoms with E-state index in [1.165, 1.54) is 19.2 Å². The van der Waals surface area contributed by atoms with Crippen molar-refractivity contribution in [1.29, 1.82) is 0 Å². The number of amides is 1. The quantitative estimate of drug-likeness (QED) is 0.767. The van der Waals surface area contributed by atoms with Gasteiger partial charge < -0.3 is 10.1 Å². The minimum atomic E-state index is -0.291. The van der Waals surface area contributed by atoms with Gasteiger partial charge in [0.1, 0.15) is 5.82 Å². The van der Waals surface area contributed by atoms with E-state index in [4.69, 9.17) is 4.74 Å². The first-order valence-electron chi connectivity index (χ1n) is 8.41. The summed E-state index contributed by atoms with van der Waals surface area (Å²) in [5, 5.41) is 7.32. The lowest BCUT2D eigenvalue weighted by atomic mass is 10.1. The summed E-state index contributed by atoms with van der Waals surface area (Å²) in [6.45, 7) is 0. The van der Waals surface area contributed by atoms with Gasteiger partial charge in [-0.15, -0.1) is 0 Å². The van der Waals surface area contributed by atoms with Crippen molar-refractivity contribution < 1.29 is 13.9 Å². The van der Waals surface area contributed by atoms with Crippen LogP contribution >= 0.6 is 0 Å². The van der Waals surface area contributed by atoms with Gasteiger partial charge in [-0.2, -0.15) is 5.10 Å². The third-order valence-electron chi connectivity index (χ3n) is 4.52. The lowest BCUT2D eigenvalue weighted by molar-refractivity contribution is 0.0942. The van der Waals surface area contributed by atoms with E-state index in [-0.39, 0.29) is 29.4 Å². The summed E-state index contributed by atoms with van der Waals surface area (Å²) >= 11 is 0. The number of hydrogen-bond donors (Lipinski definition) is 1. The van der Waals surface area contributed by atoms with E-state index in [0.717, 1.165) is 17.7 Å².